The van der Waals surface area contributed by atoms with Crippen LogP contribution in [0.1, 0.15) is 15.9 Å². The van der Waals surface area contributed by atoms with Crippen molar-refractivity contribution in [2.75, 3.05) is 5.73 Å². The molecule has 3 heterocycles. The van der Waals surface area contributed by atoms with Crippen molar-refractivity contribution in [2.45, 2.75) is 19.6 Å². The summed E-state index contributed by atoms with van der Waals surface area (Å²) >= 11 is 0. The molecule has 10 heteroatoms. The second-order valence-electron chi connectivity index (χ2n) is 7.82. The molecule has 0 saturated carbocycles. The average molecular weight is 455 g/mol. The second-order valence-corrected chi connectivity index (χ2v) is 7.82. The number of carbonyl (C=O) groups is 1. The van der Waals surface area contributed by atoms with Crippen molar-refractivity contribution in [3.63, 3.8) is 0 Å². The van der Waals surface area contributed by atoms with Crippen molar-refractivity contribution in [1.29, 1.82) is 0 Å². The van der Waals surface area contributed by atoms with E-state index in [-0.39, 0.29) is 17.7 Å². The number of hydrogen-bond donors (Lipinski definition) is 2. The van der Waals surface area contributed by atoms with Crippen LogP contribution in [0.2, 0.25) is 0 Å². The number of aryl methyl sites for hydroxylation is 2. The predicted molar refractivity (Wildman–Crippen MR) is 126 cm³/mol. The first-order chi connectivity index (χ1) is 16.5. The summed E-state index contributed by atoms with van der Waals surface area (Å²) in [5, 5.41) is 18.1. The van der Waals surface area contributed by atoms with Crippen LogP contribution in [0.3, 0.4) is 0 Å². The van der Waals surface area contributed by atoms with E-state index in [1.807, 2.05) is 35.0 Å². The number of carboxylic acids is 1. The van der Waals surface area contributed by atoms with Crippen molar-refractivity contribution in [1.82, 2.24) is 29.1 Å². The Morgan fingerprint density at radius 3 is 2.74 bits per heavy atom. The van der Waals surface area contributed by atoms with E-state index >= 15 is 0 Å². The number of carboxylic acid groups (broad SMARTS) is 1. The third-order valence-electron chi connectivity index (χ3n) is 5.54. The summed E-state index contributed by atoms with van der Waals surface area (Å²) in [6, 6.07) is 17.3. The minimum atomic E-state index is -1.02. The summed E-state index contributed by atoms with van der Waals surface area (Å²) in [6.07, 6.45) is 3.55. The maximum atomic E-state index is 12.3. The fraction of sp³-hybridized carbons (Fsp3) is 0.125. The number of aromatic carboxylic acids is 1. The molecular formula is C24H21N7O3. The molecule has 0 aliphatic heterocycles. The van der Waals surface area contributed by atoms with Crippen molar-refractivity contribution < 1.29 is 9.90 Å². The molecule has 3 N–H and O–H groups in total. The van der Waals surface area contributed by atoms with E-state index < -0.39 is 5.97 Å². The maximum absolute atomic E-state index is 12.3. The van der Waals surface area contributed by atoms with E-state index in [2.05, 4.69) is 15.2 Å². The first-order valence-corrected chi connectivity index (χ1v) is 10.6. The number of aromatic nitrogens is 6. The normalized spacial score (nSPS) is 11.2. The van der Waals surface area contributed by atoms with Gasteiger partial charge in [0.05, 0.1) is 41.6 Å². The number of nitrogen functional groups attached to an aromatic ring is 1. The van der Waals surface area contributed by atoms with Gasteiger partial charge in [0.15, 0.2) is 0 Å². The van der Waals surface area contributed by atoms with Crippen LogP contribution in [0.4, 0.5) is 5.95 Å². The van der Waals surface area contributed by atoms with Crippen LogP contribution in [0.15, 0.2) is 77.9 Å². The number of para-hydroxylation sites is 2. The van der Waals surface area contributed by atoms with Gasteiger partial charge >= 0.3 is 5.97 Å². The van der Waals surface area contributed by atoms with Gasteiger partial charge in [-0.15, -0.1) is 0 Å². The van der Waals surface area contributed by atoms with Crippen LogP contribution in [0, 0.1) is 0 Å². The molecule has 0 aliphatic carbocycles. The Morgan fingerprint density at radius 2 is 1.88 bits per heavy atom. The van der Waals surface area contributed by atoms with E-state index in [1.165, 1.54) is 22.9 Å². The highest BCUT2D eigenvalue weighted by molar-refractivity contribution is 5.87. The van der Waals surface area contributed by atoms with Crippen molar-refractivity contribution in [3.8, 4) is 11.3 Å². The lowest BCUT2D eigenvalue weighted by Gasteiger charge is -2.07. The molecule has 0 atom stereocenters. The summed E-state index contributed by atoms with van der Waals surface area (Å²) in [7, 11) is 0. The maximum Gasteiger partial charge on any atom is 0.335 e. The van der Waals surface area contributed by atoms with Crippen LogP contribution in [-0.4, -0.2) is 40.2 Å². The molecule has 0 amide bonds. The smallest absolute Gasteiger partial charge is 0.335 e. The van der Waals surface area contributed by atoms with Gasteiger partial charge in [-0.2, -0.15) is 10.2 Å². The van der Waals surface area contributed by atoms with E-state index in [0.717, 1.165) is 16.6 Å². The molecule has 0 saturated heterocycles. The van der Waals surface area contributed by atoms with Gasteiger partial charge in [0.2, 0.25) is 5.95 Å². The highest BCUT2D eigenvalue weighted by atomic mass is 16.4. The Kier molecular flexibility index (Phi) is 5.38. The molecule has 0 bridgehead atoms. The molecule has 0 unspecified atom stereocenters. The van der Waals surface area contributed by atoms with Gasteiger partial charge in [-0.25, -0.2) is 14.5 Å². The molecule has 2 aromatic carbocycles. The first kappa shape index (κ1) is 21.1. The Labute approximate surface area is 193 Å². The Balaban J connectivity index is 1.35. The third kappa shape index (κ3) is 4.16. The van der Waals surface area contributed by atoms with Gasteiger partial charge in [0.1, 0.15) is 0 Å². The molecular weight excluding hydrogens is 434 g/mol. The Morgan fingerprint density at radius 1 is 1.03 bits per heavy atom. The van der Waals surface area contributed by atoms with Gasteiger partial charge in [-0.05, 0) is 35.9 Å². The number of fused-ring (bicyclic) bond motifs is 1. The molecule has 0 fully saturated rings. The molecule has 0 aliphatic rings. The second kappa shape index (κ2) is 8.66. The molecule has 10 nitrogen and oxygen atoms in total. The quantitative estimate of drug-likeness (QED) is 0.385. The number of anilines is 1. The largest absolute Gasteiger partial charge is 0.478 e. The summed E-state index contributed by atoms with van der Waals surface area (Å²) in [5.41, 5.74) is 9.80. The molecule has 0 radical (unpaired) electrons. The SMILES string of the molecule is Nc1nc2ccccc2n1CCn1cc(-c2ccc(=O)n(Cc3cccc(C(=O)O)c3)n2)cn1. The van der Waals surface area contributed by atoms with Gasteiger partial charge in [0.25, 0.3) is 5.56 Å². The molecule has 170 valence electrons. The number of imidazole rings is 1. The van der Waals surface area contributed by atoms with Crippen LogP contribution >= 0.6 is 0 Å². The number of rotatable bonds is 7. The topological polar surface area (TPSA) is 134 Å². The fourth-order valence-corrected chi connectivity index (χ4v) is 3.84. The van der Waals surface area contributed by atoms with Gasteiger partial charge in [0, 0.05) is 24.4 Å². The van der Waals surface area contributed by atoms with Crippen molar-refractivity contribution >= 4 is 23.0 Å². The van der Waals surface area contributed by atoms with Gasteiger partial charge in [-0.1, -0.05) is 24.3 Å². The zero-order valence-electron chi connectivity index (χ0n) is 18.1. The Bertz CT molecular complexity index is 1560. The lowest BCUT2D eigenvalue weighted by atomic mass is 10.1. The zero-order chi connectivity index (χ0) is 23.7. The van der Waals surface area contributed by atoms with Crippen molar-refractivity contribution in [2.24, 2.45) is 0 Å². The average Bonchev–Trinajstić information content (AvgIpc) is 3.43. The van der Waals surface area contributed by atoms with E-state index in [4.69, 9.17) is 5.73 Å². The molecule has 5 aromatic rings. The highest BCUT2D eigenvalue weighted by Crippen LogP contribution is 2.18. The molecule has 34 heavy (non-hydrogen) atoms. The Hall–Kier alpha value is -4.73. The van der Waals surface area contributed by atoms with Crippen LogP contribution in [-0.2, 0) is 19.6 Å². The summed E-state index contributed by atoms with van der Waals surface area (Å²) in [4.78, 5) is 27.9. The summed E-state index contributed by atoms with van der Waals surface area (Å²) in [5.74, 6) is -0.567. The zero-order valence-corrected chi connectivity index (χ0v) is 18.1. The summed E-state index contributed by atoms with van der Waals surface area (Å²) < 4.78 is 5.04. The lowest BCUT2D eigenvalue weighted by molar-refractivity contribution is 0.0696. The van der Waals surface area contributed by atoms with Crippen molar-refractivity contribution in [3.05, 3.63) is 94.5 Å². The third-order valence-corrected chi connectivity index (χ3v) is 5.54. The van der Waals surface area contributed by atoms with E-state index in [0.29, 0.717) is 30.3 Å². The van der Waals surface area contributed by atoms with E-state index in [9.17, 15) is 14.7 Å². The van der Waals surface area contributed by atoms with E-state index in [1.54, 1.807) is 29.1 Å². The highest BCUT2D eigenvalue weighted by Gasteiger charge is 2.10. The minimum absolute atomic E-state index is 0.161. The van der Waals surface area contributed by atoms with Gasteiger partial charge < -0.3 is 15.4 Å². The molecule has 0 spiro atoms. The van der Waals surface area contributed by atoms with Crippen LogP contribution in [0.25, 0.3) is 22.3 Å². The molecule has 5 rings (SSSR count). The monoisotopic (exact) mass is 455 g/mol. The first-order valence-electron chi connectivity index (χ1n) is 10.6. The molecule has 3 aromatic heterocycles. The summed E-state index contributed by atoms with van der Waals surface area (Å²) in [6.45, 7) is 1.33. The number of hydrogen-bond acceptors (Lipinski definition) is 6. The van der Waals surface area contributed by atoms with Crippen LogP contribution < -0.4 is 11.3 Å². The van der Waals surface area contributed by atoms with Crippen LogP contribution in [0.5, 0.6) is 0 Å². The van der Waals surface area contributed by atoms with Gasteiger partial charge in [-0.3, -0.25) is 9.48 Å². The number of nitrogens with two attached hydrogens (primary N) is 1. The fourth-order valence-electron chi connectivity index (χ4n) is 3.84. The lowest BCUT2D eigenvalue weighted by Crippen LogP contribution is -2.22. The number of benzene rings is 2. The predicted octanol–water partition coefficient (Wildman–Crippen LogP) is 2.49. The minimum Gasteiger partial charge on any atom is -0.478 e. The standard InChI is InChI=1S/C24H21N7O3/c25-24-27-20-6-1-2-7-21(20)30(24)11-10-29-15-18(13-26-29)19-8-9-22(32)31(28-19)14-16-4-3-5-17(12-16)23(33)34/h1-9,12-13,15H,10-11,14H2,(H2,25,27)(H,33,34). The number of nitrogens with zero attached hydrogens (tertiary/aromatic N) is 6.